The molecule has 0 N–H and O–H groups in total. The minimum Gasteiger partial charge on any atom is -0.450 e. The average Bonchev–Trinajstić information content (AvgIpc) is 2.69. The maximum atomic E-state index is 11.8. The molecule has 0 aromatic heterocycles. The number of hydrogen-bond donors (Lipinski definition) is 0. The van der Waals surface area contributed by atoms with Gasteiger partial charge in [0.1, 0.15) is 11.4 Å². The van der Waals surface area contributed by atoms with Gasteiger partial charge in [-0.2, -0.15) is 0 Å². The number of hydrogen-bond acceptors (Lipinski definition) is 5. The van der Waals surface area contributed by atoms with Crippen LogP contribution in [0.5, 0.6) is 11.5 Å². The van der Waals surface area contributed by atoms with Gasteiger partial charge in [-0.1, -0.05) is 25.8 Å². The Morgan fingerprint density at radius 1 is 1.18 bits per heavy atom. The SMILES string of the molecule is CCCC1CCN(c2cccc(Oc3ccc(C(C)=O)cc3)c2[N+](=O)[O-])CC1. The first-order chi connectivity index (χ1) is 13.5. The predicted octanol–water partition coefficient (Wildman–Crippen LogP) is 5.61. The van der Waals surface area contributed by atoms with Crippen molar-refractivity contribution < 1.29 is 14.5 Å². The van der Waals surface area contributed by atoms with Crippen LogP contribution >= 0.6 is 0 Å². The van der Waals surface area contributed by atoms with Gasteiger partial charge in [0.2, 0.25) is 5.75 Å². The Hall–Kier alpha value is -2.89. The lowest BCUT2D eigenvalue weighted by Gasteiger charge is -2.33. The number of nitrogens with zero attached hydrogens (tertiary/aromatic N) is 2. The molecule has 1 aliphatic rings. The van der Waals surface area contributed by atoms with Gasteiger partial charge in [-0.05, 0) is 62.1 Å². The summed E-state index contributed by atoms with van der Waals surface area (Å²) < 4.78 is 5.82. The number of piperidine rings is 1. The van der Waals surface area contributed by atoms with Crippen LogP contribution < -0.4 is 9.64 Å². The first-order valence-electron chi connectivity index (χ1n) is 9.80. The summed E-state index contributed by atoms with van der Waals surface area (Å²) in [6, 6.07) is 11.8. The van der Waals surface area contributed by atoms with Crippen LogP contribution in [-0.4, -0.2) is 23.8 Å². The van der Waals surface area contributed by atoms with Gasteiger partial charge in [-0.15, -0.1) is 0 Å². The molecule has 0 unspecified atom stereocenters. The number of nitro benzene ring substituents is 1. The summed E-state index contributed by atoms with van der Waals surface area (Å²) >= 11 is 0. The highest BCUT2D eigenvalue weighted by Gasteiger charge is 2.28. The van der Waals surface area contributed by atoms with Crippen LogP contribution in [0.4, 0.5) is 11.4 Å². The minimum absolute atomic E-state index is 0.00733. The summed E-state index contributed by atoms with van der Waals surface area (Å²) in [6.45, 7) is 5.33. The lowest BCUT2D eigenvalue weighted by Crippen LogP contribution is -2.34. The molecule has 1 aliphatic heterocycles. The lowest BCUT2D eigenvalue weighted by atomic mass is 9.92. The van der Waals surface area contributed by atoms with Gasteiger partial charge in [0.15, 0.2) is 5.78 Å². The van der Waals surface area contributed by atoms with Crippen LogP contribution in [0.15, 0.2) is 42.5 Å². The smallest absolute Gasteiger partial charge is 0.334 e. The first-order valence-corrected chi connectivity index (χ1v) is 9.80. The monoisotopic (exact) mass is 382 g/mol. The number of anilines is 1. The number of carbonyl (C=O) groups is 1. The van der Waals surface area contributed by atoms with Crippen LogP contribution in [0.1, 0.15) is 49.9 Å². The van der Waals surface area contributed by atoms with Gasteiger partial charge in [0, 0.05) is 18.7 Å². The molecule has 1 heterocycles. The molecule has 0 atom stereocenters. The molecule has 0 aliphatic carbocycles. The Labute approximate surface area is 165 Å². The summed E-state index contributed by atoms with van der Waals surface area (Å²) in [7, 11) is 0. The molecule has 28 heavy (non-hydrogen) atoms. The Bertz CT molecular complexity index is 840. The summed E-state index contributed by atoms with van der Waals surface area (Å²) in [4.78, 5) is 25.0. The van der Waals surface area contributed by atoms with E-state index in [9.17, 15) is 14.9 Å². The molecular weight excluding hydrogens is 356 g/mol. The normalized spacial score (nSPS) is 14.7. The van der Waals surface area contributed by atoms with Crippen molar-refractivity contribution in [2.24, 2.45) is 5.92 Å². The van der Waals surface area contributed by atoms with Crippen molar-refractivity contribution in [3.63, 3.8) is 0 Å². The van der Waals surface area contributed by atoms with E-state index in [1.165, 1.54) is 19.8 Å². The number of Topliss-reactive ketones (excluding diaryl/α,β-unsaturated/α-hetero) is 1. The Kier molecular flexibility index (Phi) is 6.29. The third kappa shape index (κ3) is 4.50. The molecule has 2 aromatic carbocycles. The van der Waals surface area contributed by atoms with Gasteiger partial charge >= 0.3 is 5.69 Å². The molecule has 0 saturated carbocycles. The van der Waals surface area contributed by atoms with Crippen molar-refractivity contribution in [3.8, 4) is 11.5 Å². The number of benzene rings is 2. The molecule has 0 spiro atoms. The molecular formula is C22H26N2O4. The predicted molar refractivity (Wildman–Crippen MR) is 109 cm³/mol. The van der Waals surface area contributed by atoms with Crippen LogP contribution in [0.25, 0.3) is 0 Å². The van der Waals surface area contributed by atoms with Gasteiger partial charge in [-0.3, -0.25) is 14.9 Å². The van der Waals surface area contributed by atoms with Crippen LogP contribution in [0.2, 0.25) is 0 Å². The first kappa shape index (κ1) is 19.9. The zero-order chi connectivity index (χ0) is 20.1. The number of ketones is 1. The number of ether oxygens (including phenoxy) is 1. The Balaban J connectivity index is 1.84. The maximum absolute atomic E-state index is 11.8. The summed E-state index contributed by atoms with van der Waals surface area (Å²) in [5.74, 6) is 1.35. The largest absolute Gasteiger partial charge is 0.450 e. The van der Waals surface area contributed by atoms with E-state index in [0.717, 1.165) is 25.9 Å². The third-order valence-corrected chi connectivity index (χ3v) is 5.30. The fourth-order valence-corrected chi connectivity index (χ4v) is 3.79. The number of rotatable bonds is 7. The fourth-order valence-electron chi connectivity index (χ4n) is 3.79. The van der Waals surface area contributed by atoms with Crippen molar-refractivity contribution in [3.05, 3.63) is 58.1 Å². The third-order valence-electron chi connectivity index (χ3n) is 5.30. The van der Waals surface area contributed by atoms with E-state index in [1.807, 2.05) is 0 Å². The Morgan fingerprint density at radius 2 is 1.86 bits per heavy atom. The van der Waals surface area contributed by atoms with E-state index in [2.05, 4.69) is 11.8 Å². The van der Waals surface area contributed by atoms with E-state index >= 15 is 0 Å². The molecule has 1 saturated heterocycles. The highest BCUT2D eigenvalue weighted by Crippen LogP contribution is 2.40. The molecule has 6 nitrogen and oxygen atoms in total. The van der Waals surface area contributed by atoms with Crippen molar-refractivity contribution in [1.29, 1.82) is 0 Å². The van der Waals surface area contributed by atoms with Crippen molar-refractivity contribution in [1.82, 2.24) is 0 Å². The molecule has 0 radical (unpaired) electrons. The van der Waals surface area contributed by atoms with Gasteiger partial charge in [0.05, 0.1) is 4.92 Å². The van der Waals surface area contributed by atoms with Crippen LogP contribution in [0.3, 0.4) is 0 Å². The number of para-hydroxylation sites is 1. The van der Waals surface area contributed by atoms with Crippen molar-refractivity contribution in [2.45, 2.75) is 39.5 Å². The number of nitro groups is 1. The highest BCUT2D eigenvalue weighted by atomic mass is 16.6. The molecule has 0 amide bonds. The maximum Gasteiger partial charge on any atom is 0.334 e. The molecule has 148 valence electrons. The van der Waals surface area contributed by atoms with E-state index in [0.29, 0.717) is 22.9 Å². The van der Waals surface area contributed by atoms with Gasteiger partial charge in [-0.25, -0.2) is 0 Å². The van der Waals surface area contributed by atoms with E-state index in [-0.39, 0.29) is 22.1 Å². The standard InChI is InChI=1S/C22H26N2O4/c1-3-5-17-12-14-23(15-13-17)20-6-4-7-21(22(20)24(26)27)28-19-10-8-18(9-11-19)16(2)25/h4,6-11,17H,3,5,12-15H2,1-2H3. The zero-order valence-electron chi connectivity index (χ0n) is 16.4. The topological polar surface area (TPSA) is 72.7 Å². The van der Waals surface area contributed by atoms with Gasteiger partial charge in [0.25, 0.3) is 0 Å². The van der Waals surface area contributed by atoms with Crippen LogP contribution in [-0.2, 0) is 0 Å². The molecule has 1 fully saturated rings. The lowest BCUT2D eigenvalue weighted by molar-refractivity contribution is -0.384. The van der Waals surface area contributed by atoms with Crippen LogP contribution in [0, 0.1) is 16.0 Å². The second-order valence-corrected chi connectivity index (χ2v) is 7.28. The Morgan fingerprint density at radius 3 is 2.43 bits per heavy atom. The van der Waals surface area contributed by atoms with Crippen molar-refractivity contribution >= 4 is 17.2 Å². The highest BCUT2D eigenvalue weighted by molar-refractivity contribution is 5.94. The van der Waals surface area contributed by atoms with Crippen molar-refractivity contribution in [2.75, 3.05) is 18.0 Å². The second-order valence-electron chi connectivity index (χ2n) is 7.28. The van der Waals surface area contributed by atoms with E-state index in [4.69, 9.17) is 4.74 Å². The quantitative estimate of drug-likeness (QED) is 0.354. The molecule has 6 heteroatoms. The molecule has 3 rings (SSSR count). The fraction of sp³-hybridized carbons (Fsp3) is 0.409. The van der Waals surface area contributed by atoms with Gasteiger partial charge < -0.3 is 9.64 Å². The number of carbonyl (C=O) groups excluding carboxylic acids is 1. The minimum atomic E-state index is -0.368. The average molecular weight is 382 g/mol. The van der Waals surface area contributed by atoms with E-state index < -0.39 is 0 Å². The van der Waals surface area contributed by atoms with E-state index in [1.54, 1.807) is 42.5 Å². The molecule has 2 aromatic rings. The summed E-state index contributed by atoms with van der Waals surface area (Å²) in [5, 5.41) is 11.8. The summed E-state index contributed by atoms with van der Waals surface area (Å²) in [5.41, 5.74) is 1.18. The summed E-state index contributed by atoms with van der Waals surface area (Å²) in [6.07, 6.45) is 4.51. The zero-order valence-corrected chi connectivity index (χ0v) is 16.4. The molecule has 0 bridgehead atoms. The second kappa shape index (κ2) is 8.87.